The van der Waals surface area contributed by atoms with E-state index in [1.54, 1.807) is 4.57 Å². The molecule has 2 aromatic heterocycles. The molecule has 3 aromatic rings. The number of carboxylic acids is 1. The molecule has 0 bridgehead atoms. The van der Waals surface area contributed by atoms with Crippen LogP contribution in [-0.4, -0.2) is 20.6 Å². The molecular weight excluding hydrogens is 324 g/mol. The number of hydrogen-bond donors (Lipinski definition) is 1. The average Bonchev–Trinajstić information content (AvgIpc) is 2.97. The lowest BCUT2D eigenvalue weighted by atomic mass is 10.1. The van der Waals surface area contributed by atoms with Crippen LogP contribution in [0.5, 0.6) is 0 Å². The van der Waals surface area contributed by atoms with Crippen LogP contribution in [0.4, 0.5) is 0 Å². The predicted molar refractivity (Wildman–Crippen MR) is 95.1 cm³/mol. The van der Waals surface area contributed by atoms with Gasteiger partial charge in [0.25, 0.3) is 5.56 Å². The summed E-state index contributed by atoms with van der Waals surface area (Å²) in [5.74, 6) is -0.386. The Hall–Kier alpha value is -2.47. The normalized spacial score (nSPS) is 11.1. The van der Waals surface area contributed by atoms with Crippen molar-refractivity contribution < 1.29 is 9.90 Å². The third-order valence-electron chi connectivity index (χ3n) is 4.07. The van der Waals surface area contributed by atoms with E-state index in [1.165, 1.54) is 16.7 Å². The molecule has 0 aliphatic heterocycles. The third kappa shape index (κ3) is 2.85. The first-order valence-corrected chi connectivity index (χ1v) is 8.69. The summed E-state index contributed by atoms with van der Waals surface area (Å²) < 4.78 is 1.62. The quantitative estimate of drug-likeness (QED) is 0.771. The zero-order valence-corrected chi connectivity index (χ0v) is 14.4. The topological polar surface area (TPSA) is 72.2 Å². The molecule has 124 valence electrons. The average molecular weight is 342 g/mol. The number of benzene rings is 1. The van der Waals surface area contributed by atoms with Crippen molar-refractivity contribution in [3.63, 3.8) is 0 Å². The van der Waals surface area contributed by atoms with Crippen LogP contribution in [-0.2, 0) is 13.0 Å². The van der Waals surface area contributed by atoms with Gasteiger partial charge >= 0.3 is 5.97 Å². The van der Waals surface area contributed by atoms with Gasteiger partial charge in [-0.3, -0.25) is 9.36 Å². The molecule has 0 fully saturated rings. The van der Waals surface area contributed by atoms with Crippen molar-refractivity contribution in [2.24, 2.45) is 0 Å². The first-order valence-electron chi connectivity index (χ1n) is 7.81. The molecule has 0 saturated carbocycles. The van der Waals surface area contributed by atoms with Crippen molar-refractivity contribution in [2.45, 2.75) is 33.2 Å². The fourth-order valence-corrected chi connectivity index (χ4v) is 3.68. The summed E-state index contributed by atoms with van der Waals surface area (Å²) in [7, 11) is 0. The smallest absolute Gasteiger partial charge is 0.337 e. The summed E-state index contributed by atoms with van der Waals surface area (Å²) in [6.07, 6.45) is 1.54. The fourth-order valence-electron chi connectivity index (χ4n) is 2.76. The van der Waals surface area contributed by atoms with Gasteiger partial charge in [0.2, 0.25) is 0 Å². The van der Waals surface area contributed by atoms with Crippen LogP contribution in [0.3, 0.4) is 0 Å². The molecule has 0 saturated heterocycles. The molecule has 0 spiro atoms. The van der Waals surface area contributed by atoms with Gasteiger partial charge < -0.3 is 5.11 Å². The van der Waals surface area contributed by atoms with Crippen LogP contribution in [0.25, 0.3) is 10.2 Å². The number of fused-ring (bicyclic) bond motifs is 1. The highest BCUT2D eigenvalue weighted by molar-refractivity contribution is 7.17. The molecular formula is C18H18N2O3S. The van der Waals surface area contributed by atoms with Gasteiger partial charge in [0.05, 0.1) is 17.5 Å². The minimum atomic E-state index is -1.09. The van der Waals surface area contributed by atoms with Gasteiger partial charge in [-0.15, -0.1) is 11.3 Å². The lowest BCUT2D eigenvalue weighted by molar-refractivity contribution is 0.0699. The standard InChI is InChI=1S/C18H18N2O3S/c1-3-6-14-19-16-15(13(10-24-16)18(22)23)17(21)20(14)9-12-8-5-4-7-11(12)2/h4-5,7-8,10H,3,6,9H2,1-2H3,(H,22,23). The molecule has 3 rings (SSSR count). The first kappa shape index (κ1) is 16.4. The summed E-state index contributed by atoms with van der Waals surface area (Å²) in [6, 6.07) is 7.87. The van der Waals surface area contributed by atoms with Crippen molar-refractivity contribution in [2.75, 3.05) is 0 Å². The van der Waals surface area contributed by atoms with E-state index in [9.17, 15) is 14.7 Å². The minimum Gasteiger partial charge on any atom is -0.478 e. The highest BCUT2D eigenvalue weighted by Crippen LogP contribution is 2.22. The number of aryl methyl sites for hydroxylation is 2. The van der Waals surface area contributed by atoms with E-state index in [1.807, 2.05) is 38.1 Å². The zero-order valence-electron chi connectivity index (χ0n) is 13.6. The number of hydrogen-bond acceptors (Lipinski definition) is 4. The van der Waals surface area contributed by atoms with Crippen LogP contribution >= 0.6 is 11.3 Å². The Morgan fingerprint density at radius 1 is 1.33 bits per heavy atom. The second kappa shape index (κ2) is 6.57. The maximum Gasteiger partial charge on any atom is 0.337 e. The van der Waals surface area contributed by atoms with Crippen LogP contribution in [0.2, 0.25) is 0 Å². The van der Waals surface area contributed by atoms with E-state index in [4.69, 9.17) is 0 Å². The Balaban J connectivity index is 2.24. The largest absolute Gasteiger partial charge is 0.478 e. The Morgan fingerprint density at radius 3 is 2.75 bits per heavy atom. The molecule has 0 unspecified atom stereocenters. The maximum atomic E-state index is 13.0. The van der Waals surface area contributed by atoms with Gasteiger partial charge in [-0.05, 0) is 24.5 Å². The zero-order chi connectivity index (χ0) is 17.3. The lowest BCUT2D eigenvalue weighted by Crippen LogP contribution is -2.26. The van der Waals surface area contributed by atoms with Gasteiger partial charge in [0.1, 0.15) is 10.7 Å². The van der Waals surface area contributed by atoms with Crippen molar-refractivity contribution >= 4 is 27.5 Å². The van der Waals surface area contributed by atoms with Crippen molar-refractivity contribution in [1.82, 2.24) is 9.55 Å². The van der Waals surface area contributed by atoms with Crippen LogP contribution in [0, 0.1) is 6.92 Å². The van der Waals surface area contributed by atoms with E-state index in [2.05, 4.69) is 4.98 Å². The molecule has 1 aromatic carbocycles. The van der Waals surface area contributed by atoms with Crippen molar-refractivity contribution in [1.29, 1.82) is 0 Å². The van der Waals surface area contributed by atoms with Crippen LogP contribution in [0.1, 0.15) is 40.7 Å². The summed E-state index contributed by atoms with van der Waals surface area (Å²) in [5.41, 5.74) is 1.89. The molecule has 24 heavy (non-hydrogen) atoms. The summed E-state index contributed by atoms with van der Waals surface area (Å²) in [4.78, 5) is 29.5. The Labute approximate surface area is 143 Å². The molecule has 1 N–H and O–H groups in total. The Bertz CT molecular complexity index is 972. The monoisotopic (exact) mass is 342 g/mol. The van der Waals surface area contributed by atoms with Gasteiger partial charge in [0, 0.05) is 11.8 Å². The van der Waals surface area contributed by atoms with Gasteiger partial charge in [-0.1, -0.05) is 31.2 Å². The van der Waals surface area contributed by atoms with E-state index in [-0.39, 0.29) is 16.5 Å². The minimum absolute atomic E-state index is 0.0362. The predicted octanol–water partition coefficient (Wildman–Crippen LogP) is 3.47. The van der Waals surface area contributed by atoms with Gasteiger partial charge in [0.15, 0.2) is 0 Å². The summed E-state index contributed by atoms with van der Waals surface area (Å²) in [6.45, 7) is 4.43. The third-order valence-corrected chi connectivity index (χ3v) is 4.94. The molecule has 0 aliphatic carbocycles. The highest BCUT2D eigenvalue weighted by Gasteiger charge is 2.19. The Kier molecular flexibility index (Phi) is 4.49. The molecule has 0 aliphatic rings. The van der Waals surface area contributed by atoms with Crippen molar-refractivity contribution in [3.8, 4) is 0 Å². The number of carbonyl (C=O) groups is 1. The number of thiophene rings is 1. The first-order chi connectivity index (χ1) is 11.5. The highest BCUT2D eigenvalue weighted by atomic mass is 32.1. The summed E-state index contributed by atoms with van der Waals surface area (Å²) >= 11 is 1.21. The van der Waals surface area contributed by atoms with E-state index < -0.39 is 5.97 Å². The van der Waals surface area contributed by atoms with E-state index in [0.29, 0.717) is 23.6 Å². The molecule has 0 atom stereocenters. The molecule has 0 amide bonds. The molecule has 6 heteroatoms. The molecule has 0 radical (unpaired) electrons. The number of aromatic nitrogens is 2. The Morgan fingerprint density at radius 2 is 2.08 bits per heavy atom. The number of carboxylic acid groups (broad SMARTS) is 1. The summed E-state index contributed by atoms with van der Waals surface area (Å²) in [5, 5.41) is 11.0. The van der Waals surface area contributed by atoms with Crippen LogP contribution in [0.15, 0.2) is 34.4 Å². The number of rotatable bonds is 5. The lowest BCUT2D eigenvalue weighted by Gasteiger charge is -2.13. The second-order valence-electron chi connectivity index (χ2n) is 5.73. The number of aromatic carboxylic acids is 1. The SMILES string of the molecule is CCCc1nc2scc(C(=O)O)c2c(=O)n1Cc1ccccc1C. The molecule has 5 nitrogen and oxygen atoms in total. The van der Waals surface area contributed by atoms with Gasteiger partial charge in [-0.25, -0.2) is 9.78 Å². The van der Waals surface area contributed by atoms with Crippen molar-refractivity contribution in [3.05, 3.63) is 62.5 Å². The van der Waals surface area contributed by atoms with Gasteiger partial charge in [-0.2, -0.15) is 0 Å². The maximum absolute atomic E-state index is 13.0. The molecule has 2 heterocycles. The second-order valence-corrected chi connectivity index (χ2v) is 6.59. The van der Waals surface area contributed by atoms with E-state index >= 15 is 0 Å². The fraction of sp³-hybridized carbons (Fsp3) is 0.278. The van der Waals surface area contributed by atoms with E-state index in [0.717, 1.165) is 17.5 Å². The van der Waals surface area contributed by atoms with Crippen LogP contribution < -0.4 is 5.56 Å². The number of nitrogens with zero attached hydrogens (tertiary/aromatic N) is 2.